The lowest BCUT2D eigenvalue weighted by atomic mass is 10.2. The fourth-order valence-corrected chi connectivity index (χ4v) is 1.49. The summed E-state index contributed by atoms with van der Waals surface area (Å²) >= 11 is 2.80. The van der Waals surface area contributed by atoms with Crippen molar-refractivity contribution in [3.63, 3.8) is 0 Å². The van der Waals surface area contributed by atoms with Gasteiger partial charge in [0, 0.05) is 6.07 Å². The van der Waals surface area contributed by atoms with E-state index in [1.165, 1.54) is 0 Å². The van der Waals surface area contributed by atoms with Gasteiger partial charge >= 0.3 is 11.7 Å². The highest BCUT2D eigenvalue weighted by Crippen LogP contribution is 2.27. The third kappa shape index (κ3) is 2.54. The Labute approximate surface area is 98.5 Å². The number of ether oxygens (including phenoxy) is 1. The maximum atomic E-state index is 13.2. The molecule has 0 amide bonds. The minimum Gasteiger partial charge on any atom is -0.462 e. The van der Waals surface area contributed by atoms with Crippen molar-refractivity contribution in [2.24, 2.45) is 0 Å². The van der Waals surface area contributed by atoms with Crippen LogP contribution in [0, 0.1) is 15.9 Å². The number of hydrogen-bond donors (Lipinski definition) is 0. The Morgan fingerprint density at radius 3 is 2.75 bits per heavy atom. The van der Waals surface area contributed by atoms with E-state index >= 15 is 0 Å². The van der Waals surface area contributed by atoms with Crippen molar-refractivity contribution in [2.45, 2.75) is 6.92 Å². The zero-order valence-corrected chi connectivity index (χ0v) is 9.78. The van der Waals surface area contributed by atoms with Gasteiger partial charge in [-0.3, -0.25) is 10.1 Å². The molecule has 5 nitrogen and oxygen atoms in total. The smallest absolute Gasteiger partial charge is 0.338 e. The molecule has 0 heterocycles. The predicted molar refractivity (Wildman–Crippen MR) is 56.7 cm³/mol. The second-order valence-electron chi connectivity index (χ2n) is 2.77. The zero-order valence-electron chi connectivity index (χ0n) is 8.20. The third-order valence-electron chi connectivity index (χ3n) is 1.72. The Bertz CT molecular complexity index is 449. The molecule has 0 radical (unpaired) electrons. The maximum Gasteiger partial charge on any atom is 0.338 e. The van der Waals surface area contributed by atoms with E-state index in [1.807, 2.05) is 0 Å². The van der Waals surface area contributed by atoms with Crippen molar-refractivity contribution in [2.75, 3.05) is 6.61 Å². The van der Waals surface area contributed by atoms with E-state index in [0.29, 0.717) is 0 Å². The lowest BCUT2D eigenvalue weighted by molar-refractivity contribution is -0.387. The molecule has 0 aliphatic carbocycles. The van der Waals surface area contributed by atoms with Crippen molar-refractivity contribution in [1.82, 2.24) is 0 Å². The molecule has 0 atom stereocenters. The third-order valence-corrected chi connectivity index (χ3v) is 2.29. The van der Waals surface area contributed by atoms with Gasteiger partial charge in [0.25, 0.3) is 0 Å². The highest BCUT2D eigenvalue weighted by Gasteiger charge is 2.21. The summed E-state index contributed by atoms with van der Waals surface area (Å²) in [4.78, 5) is 20.9. The summed E-state index contributed by atoms with van der Waals surface area (Å²) in [5, 5.41) is 10.5. The number of esters is 1. The molecule has 0 unspecified atom stereocenters. The lowest BCUT2D eigenvalue weighted by Crippen LogP contribution is -2.06. The number of hydrogen-bond acceptors (Lipinski definition) is 4. The number of rotatable bonds is 3. The first-order valence-electron chi connectivity index (χ1n) is 4.28. The molecule has 7 heteroatoms. The van der Waals surface area contributed by atoms with Crippen molar-refractivity contribution in [3.05, 3.63) is 38.1 Å². The SMILES string of the molecule is CCOC(=O)c1cc(Br)c(F)c([N+](=O)[O-])c1. The van der Waals surface area contributed by atoms with Gasteiger partial charge in [-0.1, -0.05) is 0 Å². The van der Waals surface area contributed by atoms with Gasteiger partial charge in [-0.05, 0) is 28.9 Å². The molecular weight excluding hydrogens is 285 g/mol. The number of halogens is 2. The summed E-state index contributed by atoms with van der Waals surface area (Å²) < 4.78 is 17.7. The average molecular weight is 292 g/mol. The first kappa shape index (κ1) is 12.6. The molecule has 0 N–H and O–H groups in total. The van der Waals surface area contributed by atoms with E-state index in [-0.39, 0.29) is 16.6 Å². The highest BCUT2D eigenvalue weighted by molar-refractivity contribution is 9.10. The number of benzene rings is 1. The van der Waals surface area contributed by atoms with Crippen LogP contribution in [0.25, 0.3) is 0 Å². The second-order valence-corrected chi connectivity index (χ2v) is 3.62. The summed E-state index contributed by atoms with van der Waals surface area (Å²) in [5.74, 6) is -1.75. The van der Waals surface area contributed by atoms with Crippen LogP contribution in [-0.2, 0) is 4.74 Å². The van der Waals surface area contributed by atoms with Crippen LogP contribution >= 0.6 is 15.9 Å². The Hall–Kier alpha value is -1.50. The van der Waals surface area contributed by atoms with Gasteiger partial charge in [-0.2, -0.15) is 4.39 Å². The first-order chi connectivity index (χ1) is 7.47. The van der Waals surface area contributed by atoms with Crippen LogP contribution in [0.15, 0.2) is 16.6 Å². The topological polar surface area (TPSA) is 69.4 Å². The fraction of sp³-hybridized carbons (Fsp3) is 0.222. The Kier molecular flexibility index (Phi) is 3.94. The maximum absolute atomic E-state index is 13.2. The number of nitro groups is 1. The fourth-order valence-electron chi connectivity index (χ4n) is 1.04. The predicted octanol–water partition coefficient (Wildman–Crippen LogP) is 2.67. The summed E-state index contributed by atoms with van der Waals surface area (Å²) in [6.07, 6.45) is 0. The standard InChI is InChI=1S/C9H7BrFNO4/c1-2-16-9(13)5-3-6(10)8(11)7(4-5)12(14)15/h3-4H,2H2,1H3. The molecule has 0 aliphatic heterocycles. The summed E-state index contributed by atoms with van der Waals surface area (Å²) in [5.41, 5.74) is -0.834. The molecule has 0 aromatic heterocycles. The van der Waals surface area contributed by atoms with E-state index in [1.54, 1.807) is 6.92 Å². The van der Waals surface area contributed by atoms with Gasteiger partial charge in [0.1, 0.15) is 0 Å². The molecule has 1 rings (SSSR count). The quantitative estimate of drug-likeness (QED) is 0.488. The van der Waals surface area contributed by atoms with Crippen LogP contribution in [0.5, 0.6) is 0 Å². The highest BCUT2D eigenvalue weighted by atomic mass is 79.9. The van der Waals surface area contributed by atoms with Crippen molar-refractivity contribution >= 4 is 27.6 Å². The minimum absolute atomic E-state index is 0.0678. The van der Waals surface area contributed by atoms with Crippen LogP contribution in [0.3, 0.4) is 0 Å². The molecule has 0 bridgehead atoms. The van der Waals surface area contributed by atoms with E-state index in [4.69, 9.17) is 0 Å². The Balaban J connectivity index is 3.24. The summed E-state index contributed by atoms with van der Waals surface area (Å²) in [6.45, 7) is 1.74. The molecule has 0 aliphatic rings. The minimum atomic E-state index is -1.02. The number of nitrogens with zero attached hydrogens (tertiary/aromatic N) is 1. The van der Waals surface area contributed by atoms with Gasteiger partial charge in [0.2, 0.25) is 5.82 Å². The van der Waals surface area contributed by atoms with Crippen LogP contribution in [-0.4, -0.2) is 17.5 Å². The van der Waals surface area contributed by atoms with E-state index in [0.717, 1.165) is 12.1 Å². The van der Waals surface area contributed by atoms with Gasteiger partial charge in [0.05, 0.1) is 21.6 Å². The molecule has 1 aromatic carbocycles. The molecule has 16 heavy (non-hydrogen) atoms. The van der Waals surface area contributed by atoms with Gasteiger partial charge in [-0.25, -0.2) is 4.79 Å². The number of carbonyl (C=O) groups is 1. The van der Waals surface area contributed by atoms with Crippen LogP contribution in [0.4, 0.5) is 10.1 Å². The molecule has 1 aromatic rings. The molecule has 0 fully saturated rings. The molecule has 0 saturated carbocycles. The zero-order chi connectivity index (χ0) is 12.3. The summed E-state index contributed by atoms with van der Waals surface area (Å²) in [6, 6.07) is 1.98. The lowest BCUT2D eigenvalue weighted by Gasteiger charge is -2.03. The molecule has 0 saturated heterocycles. The van der Waals surface area contributed by atoms with E-state index < -0.39 is 22.4 Å². The molecule has 86 valence electrons. The summed E-state index contributed by atoms with van der Waals surface area (Å²) in [7, 11) is 0. The van der Waals surface area contributed by atoms with Crippen molar-refractivity contribution < 1.29 is 18.8 Å². The normalized spacial score (nSPS) is 9.94. The van der Waals surface area contributed by atoms with Gasteiger partial charge < -0.3 is 4.74 Å². The van der Waals surface area contributed by atoms with Gasteiger partial charge in [-0.15, -0.1) is 0 Å². The largest absolute Gasteiger partial charge is 0.462 e. The monoisotopic (exact) mass is 291 g/mol. The number of nitro benzene ring substituents is 1. The van der Waals surface area contributed by atoms with Crippen molar-refractivity contribution in [3.8, 4) is 0 Å². The van der Waals surface area contributed by atoms with E-state index in [9.17, 15) is 19.3 Å². The van der Waals surface area contributed by atoms with Crippen LogP contribution in [0.1, 0.15) is 17.3 Å². The van der Waals surface area contributed by atoms with Gasteiger partial charge in [0.15, 0.2) is 0 Å². The Morgan fingerprint density at radius 1 is 1.62 bits per heavy atom. The van der Waals surface area contributed by atoms with Crippen LogP contribution < -0.4 is 0 Å². The number of carbonyl (C=O) groups excluding carboxylic acids is 1. The van der Waals surface area contributed by atoms with Crippen molar-refractivity contribution in [1.29, 1.82) is 0 Å². The average Bonchev–Trinajstić information content (AvgIpc) is 2.21. The first-order valence-corrected chi connectivity index (χ1v) is 5.07. The molecular formula is C9H7BrFNO4. The van der Waals surface area contributed by atoms with Crippen LogP contribution in [0.2, 0.25) is 0 Å². The Morgan fingerprint density at radius 2 is 2.25 bits per heavy atom. The molecule has 0 spiro atoms. The van der Waals surface area contributed by atoms with E-state index in [2.05, 4.69) is 20.7 Å². The second kappa shape index (κ2) is 5.02.